The van der Waals surface area contributed by atoms with Crippen LogP contribution in [0.5, 0.6) is 0 Å². The summed E-state index contributed by atoms with van der Waals surface area (Å²) in [4.78, 5) is 2.15. The Labute approximate surface area is 124 Å². The number of hydrogen-bond donors (Lipinski definition) is 1. The minimum absolute atomic E-state index is 0.253. The van der Waals surface area contributed by atoms with Gasteiger partial charge in [0.2, 0.25) is 0 Å². The van der Waals surface area contributed by atoms with E-state index in [1.54, 1.807) is 0 Å². The van der Waals surface area contributed by atoms with E-state index in [2.05, 4.69) is 11.8 Å². The highest BCUT2D eigenvalue weighted by Gasteiger charge is 2.26. The van der Waals surface area contributed by atoms with Crippen LogP contribution in [0.2, 0.25) is 0 Å². The fraction of sp³-hybridized carbons (Fsp3) is 0.625. The maximum atomic E-state index is 13.4. The molecule has 1 fully saturated rings. The molecule has 5 heteroatoms. The molecule has 21 heavy (non-hydrogen) atoms. The van der Waals surface area contributed by atoms with Crippen LogP contribution in [0, 0.1) is 23.4 Å². The minimum atomic E-state index is -1.42. The summed E-state index contributed by atoms with van der Waals surface area (Å²) >= 11 is 0. The van der Waals surface area contributed by atoms with Crippen LogP contribution in [0.1, 0.15) is 44.2 Å². The second-order valence-corrected chi connectivity index (χ2v) is 5.82. The first kappa shape index (κ1) is 16.3. The van der Waals surface area contributed by atoms with Gasteiger partial charge in [-0.1, -0.05) is 19.8 Å². The molecule has 1 aliphatic heterocycles. The highest BCUT2D eigenvalue weighted by atomic mass is 19.2. The van der Waals surface area contributed by atoms with Gasteiger partial charge in [-0.3, -0.25) is 4.90 Å². The van der Waals surface area contributed by atoms with Crippen LogP contribution < -0.4 is 5.73 Å². The fourth-order valence-electron chi connectivity index (χ4n) is 3.23. The third kappa shape index (κ3) is 3.77. The lowest BCUT2D eigenvalue weighted by molar-refractivity contribution is 0.131. The first-order chi connectivity index (χ1) is 10.1. The van der Waals surface area contributed by atoms with Crippen LogP contribution in [0.25, 0.3) is 0 Å². The predicted octanol–water partition coefficient (Wildman–Crippen LogP) is 3.62. The van der Waals surface area contributed by atoms with E-state index < -0.39 is 17.5 Å². The Morgan fingerprint density at radius 2 is 1.76 bits per heavy atom. The summed E-state index contributed by atoms with van der Waals surface area (Å²) in [6, 6.07) is 1.87. The number of halogens is 3. The minimum Gasteiger partial charge on any atom is -0.329 e. The number of benzene rings is 1. The average molecular weight is 300 g/mol. The van der Waals surface area contributed by atoms with Crippen molar-refractivity contribution in [2.75, 3.05) is 19.6 Å². The van der Waals surface area contributed by atoms with Gasteiger partial charge in [0.25, 0.3) is 0 Å². The largest absolute Gasteiger partial charge is 0.329 e. The smallest absolute Gasteiger partial charge is 0.194 e. The summed E-state index contributed by atoms with van der Waals surface area (Å²) in [5, 5.41) is 0. The van der Waals surface area contributed by atoms with Gasteiger partial charge in [-0.05, 0) is 49.5 Å². The van der Waals surface area contributed by atoms with Crippen molar-refractivity contribution in [3.63, 3.8) is 0 Å². The number of nitrogens with two attached hydrogens (primary N) is 1. The van der Waals surface area contributed by atoms with E-state index in [1.165, 1.54) is 12.8 Å². The molecule has 0 spiro atoms. The van der Waals surface area contributed by atoms with Crippen LogP contribution >= 0.6 is 0 Å². The van der Waals surface area contributed by atoms with E-state index in [1.807, 2.05) is 0 Å². The Kier molecular flexibility index (Phi) is 5.65. The van der Waals surface area contributed by atoms with E-state index in [4.69, 9.17) is 5.73 Å². The number of nitrogens with zero attached hydrogens (tertiary/aromatic N) is 1. The standard InChI is InChI=1S/C16H23F3N2/c1-2-3-11-4-6-21(7-5-11)15(10-20)12-8-13(17)16(19)14(18)9-12/h8-9,11,15H,2-7,10,20H2,1H3. The predicted molar refractivity (Wildman–Crippen MR) is 77.3 cm³/mol. The van der Waals surface area contributed by atoms with E-state index in [-0.39, 0.29) is 12.6 Å². The van der Waals surface area contributed by atoms with Gasteiger partial charge in [0.15, 0.2) is 17.5 Å². The molecular formula is C16H23F3N2. The summed E-state index contributed by atoms with van der Waals surface area (Å²) in [7, 11) is 0. The van der Waals surface area contributed by atoms with E-state index in [0.717, 1.165) is 44.0 Å². The summed E-state index contributed by atoms with van der Waals surface area (Å²) in [6.45, 7) is 4.18. The maximum absolute atomic E-state index is 13.4. The Balaban J connectivity index is 2.10. The zero-order valence-electron chi connectivity index (χ0n) is 12.4. The van der Waals surface area contributed by atoms with Crippen LogP contribution in [-0.4, -0.2) is 24.5 Å². The lowest BCUT2D eigenvalue weighted by Crippen LogP contribution is -2.40. The van der Waals surface area contributed by atoms with Gasteiger partial charge in [-0.2, -0.15) is 0 Å². The molecule has 0 bridgehead atoms. The highest BCUT2D eigenvalue weighted by Crippen LogP contribution is 2.29. The van der Waals surface area contributed by atoms with E-state index >= 15 is 0 Å². The SMILES string of the molecule is CCCC1CCN(C(CN)c2cc(F)c(F)c(F)c2)CC1. The third-order valence-corrected chi connectivity index (χ3v) is 4.40. The van der Waals surface area contributed by atoms with Gasteiger partial charge in [-0.15, -0.1) is 0 Å². The molecule has 0 saturated carbocycles. The van der Waals surface area contributed by atoms with Crippen molar-refractivity contribution in [1.29, 1.82) is 0 Å². The van der Waals surface area contributed by atoms with Crippen LogP contribution in [-0.2, 0) is 0 Å². The molecule has 0 aromatic heterocycles. The Morgan fingerprint density at radius 1 is 1.19 bits per heavy atom. The molecular weight excluding hydrogens is 277 g/mol. The quantitative estimate of drug-likeness (QED) is 0.842. The monoisotopic (exact) mass is 300 g/mol. The van der Waals surface area contributed by atoms with Gasteiger partial charge >= 0.3 is 0 Å². The van der Waals surface area contributed by atoms with Crippen molar-refractivity contribution in [3.8, 4) is 0 Å². The van der Waals surface area contributed by atoms with Gasteiger partial charge in [0.1, 0.15) is 0 Å². The number of likely N-dealkylation sites (tertiary alicyclic amines) is 1. The molecule has 1 unspecified atom stereocenters. The average Bonchev–Trinajstić information content (AvgIpc) is 2.47. The zero-order chi connectivity index (χ0) is 15.4. The molecule has 1 saturated heterocycles. The Morgan fingerprint density at radius 3 is 2.24 bits per heavy atom. The van der Waals surface area contributed by atoms with Gasteiger partial charge in [0.05, 0.1) is 0 Å². The van der Waals surface area contributed by atoms with Gasteiger partial charge in [0, 0.05) is 12.6 Å². The van der Waals surface area contributed by atoms with Crippen molar-refractivity contribution in [1.82, 2.24) is 4.90 Å². The molecule has 0 aliphatic carbocycles. The lowest BCUT2D eigenvalue weighted by Gasteiger charge is -2.37. The summed E-state index contributed by atoms with van der Waals surface area (Å²) in [5.74, 6) is -2.99. The molecule has 2 nitrogen and oxygen atoms in total. The molecule has 1 aromatic carbocycles. The van der Waals surface area contributed by atoms with Gasteiger partial charge < -0.3 is 5.73 Å². The third-order valence-electron chi connectivity index (χ3n) is 4.40. The summed E-state index contributed by atoms with van der Waals surface area (Å²) in [5.41, 5.74) is 6.21. The topological polar surface area (TPSA) is 29.3 Å². The van der Waals surface area contributed by atoms with Crippen molar-refractivity contribution < 1.29 is 13.2 Å². The molecule has 118 valence electrons. The van der Waals surface area contributed by atoms with Crippen molar-refractivity contribution >= 4 is 0 Å². The first-order valence-corrected chi connectivity index (χ1v) is 7.65. The Bertz CT molecular complexity index is 448. The summed E-state index contributed by atoms with van der Waals surface area (Å²) in [6.07, 6.45) is 4.56. The zero-order valence-corrected chi connectivity index (χ0v) is 12.4. The van der Waals surface area contributed by atoms with E-state index in [0.29, 0.717) is 5.56 Å². The first-order valence-electron chi connectivity index (χ1n) is 7.65. The molecule has 1 heterocycles. The van der Waals surface area contributed by atoms with Crippen LogP contribution in [0.4, 0.5) is 13.2 Å². The molecule has 2 rings (SSSR count). The maximum Gasteiger partial charge on any atom is 0.194 e. The fourth-order valence-corrected chi connectivity index (χ4v) is 3.23. The van der Waals surface area contributed by atoms with Crippen molar-refractivity contribution in [2.24, 2.45) is 11.7 Å². The molecule has 0 radical (unpaired) electrons. The number of piperidine rings is 1. The van der Waals surface area contributed by atoms with Crippen LogP contribution in [0.3, 0.4) is 0 Å². The van der Waals surface area contributed by atoms with Gasteiger partial charge in [-0.25, -0.2) is 13.2 Å². The summed E-state index contributed by atoms with van der Waals surface area (Å²) < 4.78 is 39.8. The number of hydrogen-bond acceptors (Lipinski definition) is 2. The van der Waals surface area contributed by atoms with E-state index in [9.17, 15) is 13.2 Å². The second-order valence-electron chi connectivity index (χ2n) is 5.82. The number of rotatable bonds is 5. The van der Waals surface area contributed by atoms with Crippen molar-refractivity contribution in [3.05, 3.63) is 35.1 Å². The Hall–Kier alpha value is -1.07. The normalized spacial score (nSPS) is 18.9. The molecule has 0 amide bonds. The molecule has 1 aromatic rings. The lowest BCUT2D eigenvalue weighted by atomic mass is 9.91. The second kappa shape index (κ2) is 7.27. The highest BCUT2D eigenvalue weighted by molar-refractivity contribution is 5.23. The van der Waals surface area contributed by atoms with Crippen LogP contribution in [0.15, 0.2) is 12.1 Å². The van der Waals surface area contributed by atoms with Crippen molar-refractivity contribution in [2.45, 2.75) is 38.6 Å². The molecule has 1 atom stereocenters. The molecule has 1 aliphatic rings. The molecule has 2 N–H and O–H groups in total.